The van der Waals surface area contributed by atoms with Crippen LogP contribution in [0.15, 0.2) is 24.3 Å². The Labute approximate surface area is 160 Å². The Kier molecular flexibility index (Phi) is 6.43. The van der Waals surface area contributed by atoms with Crippen molar-refractivity contribution in [3.05, 3.63) is 34.4 Å². The molecule has 142 valence electrons. The van der Waals surface area contributed by atoms with Gasteiger partial charge in [0.05, 0.1) is 10.6 Å². The van der Waals surface area contributed by atoms with Gasteiger partial charge >= 0.3 is 0 Å². The molecule has 0 radical (unpaired) electrons. The Morgan fingerprint density at radius 3 is 1.92 bits per heavy atom. The molecule has 2 aliphatic rings. The minimum atomic E-state index is -0.383. The number of nitrogens with zero attached hydrogens (tertiary/aromatic N) is 2. The summed E-state index contributed by atoms with van der Waals surface area (Å²) < 4.78 is 0. The molecule has 2 fully saturated rings. The lowest BCUT2D eigenvalue weighted by Gasteiger charge is -2.30. The number of thiocarbonyl (C=S) groups is 1. The predicted octanol–water partition coefficient (Wildman–Crippen LogP) is 4.79. The molecule has 1 saturated heterocycles. The third kappa shape index (κ3) is 4.71. The number of non-ortho nitro benzene ring substituents is 1. The third-order valence-electron chi connectivity index (χ3n) is 5.40. The van der Waals surface area contributed by atoms with Crippen molar-refractivity contribution in [1.82, 2.24) is 10.7 Å². The first-order valence-electron chi connectivity index (χ1n) is 9.74. The molecule has 0 unspecified atom stereocenters. The SMILES string of the molecule is O=[N+]([O-])c1ccc(N2NC3(CCCCCCCCCCC3)NC2=S)cc1. The first-order chi connectivity index (χ1) is 12.6. The van der Waals surface area contributed by atoms with Crippen molar-refractivity contribution in [2.75, 3.05) is 5.01 Å². The van der Waals surface area contributed by atoms with Crippen molar-refractivity contribution in [2.45, 2.75) is 76.3 Å². The van der Waals surface area contributed by atoms with Gasteiger partial charge in [-0.25, -0.2) is 5.43 Å². The average molecular weight is 377 g/mol. The van der Waals surface area contributed by atoms with E-state index in [9.17, 15) is 10.1 Å². The summed E-state index contributed by atoms with van der Waals surface area (Å²) in [5.41, 5.74) is 4.31. The molecule has 26 heavy (non-hydrogen) atoms. The lowest BCUT2D eigenvalue weighted by Crippen LogP contribution is -2.51. The molecule has 1 heterocycles. The number of rotatable bonds is 2. The van der Waals surface area contributed by atoms with Crippen LogP contribution in [-0.4, -0.2) is 15.7 Å². The highest BCUT2D eigenvalue weighted by Crippen LogP contribution is 2.29. The maximum absolute atomic E-state index is 10.9. The summed E-state index contributed by atoms with van der Waals surface area (Å²) in [5.74, 6) is 0. The van der Waals surface area contributed by atoms with Gasteiger partial charge in [-0.15, -0.1) is 0 Å². The summed E-state index contributed by atoms with van der Waals surface area (Å²) in [6, 6.07) is 6.53. The number of nitro groups is 1. The van der Waals surface area contributed by atoms with E-state index in [2.05, 4.69) is 10.7 Å². The van der Waals surface area contributed by atoms with Gasteiger partial charge in [0.15, 0.2) is 5.11 Å². The Morgan fingerprint density at radius 2 is 1.42 bits per heavy atom. The third-order valence-corrected chi connectivity index (χ3v) is 5.69. The van der Waals surface area contributed by atoms with Crippen LogP contribution in [0.25, 0.3) is 0 Å². The molecule has 1 aliphatic carbocycles. The summed E-state index contributed by atoms with van der Waals surface area (Å²) >= 11 is 5.57. The van der Waals surface area contributed by atoms with Gasteiger partial charge in [0.2, 0.25) is 0 Å². The van der Waals surface area contributed by atoms with E-state index in [1.54, 1.807) is 12.1 Å². The van der Waals surface area contributed by atoms with Gasteiger partial charge in [-0.3, -0.25) is 15.1 Å². The maximum atomic E-state index is 10.9. The molecule has 0 atom stereocenters. The van der Waals surface area contributed by atoms with Crippen molar-refractivity contribution in [2.24, 2.45) is 0 Å². The fourth-order valence-corrected chi connectivity index (χ4v) is 4.26. The van der Waals surface area contributed by atoms with Gasteiger partial charge in [0, 0.05) is 12.1 Å². The van der Waals surface area contributed by atoms with Crippen molar-refractivity contribution >= 4 is 28.7 Å². The zero-order valence-corrected chi connectivity index (χ0v) is 16.0. The molecule has 1 aromatic rings. The smallest absolute Gasteiger partial charge is 0.269 e. The lowest BCUT2D eigenvalue weighted by atomic mass is 9.93. The van der Waals surface area contributed by atoms with Crippen LogP contribution in [0.3, 0.4) is 0 Å². The Hall–Kier alpha value is -1.73. The minimum absolute atomic E-state index is 0.0903. The first kappa shape index (κ1) is 19.0. The minimum Gasteiger partial charge on any atom is -0.342 e. The Bertz CT molecular complexity index is 623. The molecule has 1 spiro atoms. The van der Waals surface area contributed by atoms with Gasteiger partial charge in [0.1, 0.15) is 5.66 Å². The standard InChI is InChI=1S/C19H28N4O2S/c24-23(25)17-12-10-16(11-13-17)22-18(26)20-19(21-22)14-8-6-4-2-1-3-5-7-9-15-19/h10-13,21H,1-9,14-15H2,(H,20,26). The molecule has 7 heteroatoms. The molecule has 1 saturated carbocycles. The van der Waals surface area contributed by atoms with Crippen LogP contribution in [0.1, 0.15) is 70.6 Å². The molecule has 0 aromatic heterocycles. The molecule has 1 aliphatic heterocycles. The van der Waals surface area contributed by atoms with E-state index in [1.165, 1.54) is 69.9 Å². The van der Waals surface area contributed by atoms with Crippen LogP contribution in [0.4, 0.5) is 11.4 Å². The summed E-state index contributed by atoms with van der Waals surface area (Å²) in [6.07, 6.45) is 13.6. The molecule has 6 nitrogen and oxygen atoms in total. The topological polar surface area (TPSA) is 70.4 Å². The molecule has 1 aromatic carbocycles. The van der Waals surface area contributed by atoms with Gasteiger partial charge in [-0.2, -0.15) is 0 Å². The number of hydrogen-bond acceptors (Lipinski definition) is 4. The quantitative estimate of drug-likeness (QED) is 0.439. The van der Waals surface area contributed by atoms with E-state index < -0.39 is 0 Å². The van der Waals surface area contributed by atoms with E-state index in [4.69, 9.17) is 12.2 Å². The summed E-state index contributed by atoms with van der Waals surface area (Å²) in [6.45, 7) is 0. The van der Waals surface area contributed by atoms with Gasteiger partial charge in [0.25, 0.3) is 5.69 Å². The van der Waals surface area contributed by atoms with Gasteiger partial charge in [-0.05, 0) is 50.0 Å². The molecule has 0 bridgehead atoms. The zero-order valence-electron chi connectivity index (χ0n) is 15.2. The van der Waals surface area contributed by atoms with Gasteiger partial charge in [-0.1, -0.05) is 44.9 Å². The fourth-order valence-electron chi connectivity index (χ4n) is 3.91. The monoisotopic (exact) mass is 376 g/mol. The number of benzene rings is 1. The number of hydrazine groups is 1. The molecule has 3 rings (SSSR count). The second-order valence-electron chi connectivity index (χ2n) is 7.41. The zero-order chi connectivity index (χ0) is 18.4. The van der Waals surface area contributed by atoms with Gasteiger partial charge < -0.3 is 5.32 Å². The fraction of sp³-hybridized carbons (Fsp3) is 0.632. The normalized spacial score (nSPS) is 21.7. The van der Waals surface area contributed by atoms with Crippen LogP contribution in [0, 0.1) is 10.1 Å². The number of anilines is 1. The number of nitro benzene ring substituents is 1. The molecular weight excluding hydrogens is 348 g/mol. The van der Waals surface area contributed by atoms with Crippen LogP contribution < -0.4 is 15.8 Å². The van der Waals surface area contributed by atoms with Crippen molar-refractivity contribution in [3.8, 4) is 0 Å². The Balaban J connectivity index is 1.70. The van der Waals surface area contributed by atoms with Crippen LogP contribution in [0.2, 0.25) is 0 Å². The first-order valence-corrected chi connectivity index (χ1v) is 10.2. The largest absolute Gasteiger partial charge is 0.342 e. The number of hydrogen-bond donors (Lipinski definition) is 2. The highest BCUT2D eigenvalue weighted by molar-refractivity contribution is 7.80. The predicted molar refractivity (Wildman–Crippen MR) is 108 cm³/mol. The van der Waals surface area contributed by atoms with Crippen LogP contribution in [-0.2, 0) is 0 Å². The van der Waals surface area contributed by atoms with Crippen molar-refractivity contribution in [3.63, 3.8) is 0 Å². The highest BCUT2D eigenvalue weighted by Gasteiger charge is 2.39. The summed E-state index contributed by atoms with van der Waals surface area (Å²) in [5, 5.41) is 16.9. The lowest BCUT2D eigenvalue weighted by molar-refractivity contribution is -0.384. The average Bonchev–Trinajstić information content (AvgIpc) is 2.95. The van der Waals surface area contributed by atoms with E-state index >= 15 is 0 Å². The molecule has 2 N–H and O–H groups in total. The summed E-state index contributed by atoms with van der Waals surface area (Å²) in [7, 11) is 0. The second kappa shape index (κ2) is 8.77. The second-order valence-corrected chi connectivity index (χ2v) is 7.80. The van der Waals surface area contributed by atoms with E-state index in [1.807, 2.05) is 5.01 Å². The molecular formula is C19H28N4O2S. The van der Waals surface area contributed by atoms with Crippen LogP contribution >= 0.6 is 12.2 Å². The summed E-state index contributed by atoms with van der Waals surface area (Å²) in [4.78, 5) is 10.5. The Morgan fingerprint density at radius 1 is 0.923 bits per heavy atom. The number of nitrogens with one attached hydrogen (secondary N) is 2. The van der Waals surface area contributed by atoms with E-state index in [-0.39, 0.29) is 16.3 Å². The van der Waals surface area contributed by atoms with E-state index in [0.29, 0.717) is 5.11 Å². The van der Waals surface area contributed by atoms with Crippen molar-refractivity contribution < 1.29 is 4.92 Å². The van der Waals surface area contributed by atoms with E-state index in [0.717, 1.165) is 18.5 Å². The maximum Gasteiger partial charge on any atom is 0.269 e. The van der Waals surface area contributed by atoms with Crippen LogP contribution in [0.5, 0.6) is 0 Å². The molecule has 0 amide bonds. The van der Waals surface area contributed by atoms with Crippen molar-refractivity contribution in [1.29, 1.82) is 0 Å². The highest BCUT2D eigenvalue weighted by atomic mass is 32.1.